The van der Waals surface area contributed by atoms with Gasteiger partial charge in [0, 0.05) is 6.42 Å². The molecule has 0 saturated carbocycles. The summed E-state index contributed by atoms with van der Waals surface area (Å²) >= 11 is 0. The Balaban J connectivity index is 2.01. The molecule has 1 heterocycles. The van der Waals surface area contributed by atoms with Crippen LogP contribution in [-0.2, 0) is 4.74 Å². The second-order valence-electron chi connectivity index (χ2n) is 5.23. The molecule has 0 aromatic heterocycles. The number of rotatable bonds is 4. The van der Waals surface area contributed by atoms with E-state index in [4.69, 9.17) is 14.6 Å². The molecule has 3 heteroatoms. The normalized spacial score (nSPS) is 21.4. The first-order valence-electron chi connectivity index (χ1n) is 7.17. The van der Waals surface area contributed by atoms with Crippen LogP contribution in [0.5, 0.6) is 5.75 Å². The van der Waals surface area contributed by atoms with Crippen LogP contribution in [0.1, 0.15) is 37.3 Å². The second-order valence-corrected chi connectivity index (χ2v) is 5.23. The van der Waals surface area contributed by atoms with E-state index in [-0.39, 0.29) is 12.7 Å². The van der Waals surface area contributed by atoms with Crippen LogP contribution < -0.4 is 4.74 Å². The highest BCUT2D eigenvalue weighted by Gasteiger charge is 2.22. The smallest absolute Gasteiger partial charge is 0.135 e. The minimum Gasteiger partial charge on any atom is -0.490 e. The van der Waals surface area contributed by atoms with Crippen molar-refractivity contribution in [1.82, 2.24) is 0 Å². The molecule has 1 fully saturated rings. The van der Waals surface area contributed by atoms with Crippen LogP contribution in [0.4, 0.5) is 0 Å². The third-order valence-corrected chi connectivity index (χ3v) is 3.34. The predicted molar refractivity (Wildman–Crippen MR) is 78.8 cm³/mol. The van der Waals surface area contributed by atoms with Crippen LogP contribution in [0.15, 0.2) is 18.2 Å². The first kappa shape index (κ1) is 14.9. The molecule has 1 N–H and O–H groups in total. The van der Waals surface area contributed by atoms with Crippen LogP contribution in [-0.4, -0.2) is 30.5 Å². The lowest BCUT2D eigenvalue weighted by molar-refractivity contribution is 0.0264. The molecule has 20 heavy (non-hydrogen) atoms. The molecule has 108 valence electrons. The van der Waals surface area contributed by atoms with Gasteiger partial charge in [0.25, 0.3) is 0 Å². The molecule has 1 aliphatic rings. The lowest BCUT2D eigenvalue weighted by atomic mass is 10.1. The van der Waals surface area contributed by atoms with Gasteiger partial charge in [-0.15, -0.1) is 0 Å². The van der Waals surface area contributed by atoms with Gasteiger partial charge in [-0.2, -0.15) is 0 Å². The van der Waals surface area contributed by atoms with Crippen molar-refractivity contribution in [2.45, 2.75) is 45.3 Å². The Kier molecular flexibility index (Phi) is 5.46. The molecule has 0 amide bonds. The predicted octanol–water partition coefficient (Wildman–Crippen LogP) is 2.68. The minimum absolute atomic E-state index is 0.0861. The van der Waals surface area contributed by atoms with Crippen LogP contribution >= 0.6 is 0 Å². The van der Waals surface area contributed by atoms with E-state index < -0.39 is 0 Å². The molecule has 1 aliphatic heterocycles. The van der Waals surface area contributed by atoms with Gasteiger partial charge in [0.15, 0.2) is 0 Å². The quantitative estimate of drug-likeness (QED) is 0.858. The maximum atomic E-state index is 8.79. The van der Waals surface area contributed by atoms with Gasteiger partial charge in [0.1, 0.15) is 12.4 Å². The Morgan fingerprint density at radius 3 is 2.95 bits per heavy atom. The second kappa shape index (κ2) is 7.33. The molecule has 2 rings (SSSR count). The topological polar surface area (TPSA) is 38.7 Å². The van der Waals surface area contributed by atoms with Crippen molar-refractivity contribution in [1.29, 1.82) is 0 Å². The SMILES string of the molecule is Cc1ccc(OCC2CCC(C)O2)c(C#CCCO)c1. The van der Waals surface area contributed by atoms with Gasteiger partial charge >= 0.3 is 0 Å². The average molecular weight is 274 g/mol. The molecular formula is C17H22O3. The Labute approximate surface area is 120 Å². The van der Waals surface area contributed by atoms with Crippen molar-refractivity contribution in [3.63, 3.8) is 0 Å². The molecular weight excluding hydrogens is 252 g/mol. The van der Waals surface area contributed by atoms with Gasteiger partial charge in [-0.25, -0.2) is 0 Å². The number of aryl methyl sites for hydroxylation is 1. The summed E-state index contributed by atoms with van der Waals surface area (Å²) in [6.45, 7) is 4.78. The van der Waals surface area contributed by atoms with Gasteiger partial charge in [-0.3, -0.25) is 0 Å². The number of ether oxygens (including phenoxy) is 2. The Bertz CT molecular complexity index is 499. The summed E-state index contributed by atoms with van der Waals surface area (Å²) in [6.07, 6.45) is 3.16. The van der Waals surface area contributed by atoms with Crippen molar-refractivity contribution >= 4 is 0 Å². The molecule has 0 spiro atoms. The molecule has 2 atom stereocenters. The lowest BCUT2D eigenvalue weighted by Gasteiger charge is -2.14. The van der Waals surface area contributed by atoms with E-state index in [9.17, 15) is 0 Å². The molecule has 2 unspecified atom stereocenters. The summed E-state index contributed by atoms with van der Waals surface area (Å²) in [7, 11) is 0. The van der Waals surface area contributed by atoms with Crippen molar-refractivity contribution in [2.24, 2.45) is 0 Å². The van der Waals surface area contributed by atoms with E-state index >= 15 is 0 Å². The van der Waals surface area contributed by atoms with Gasteiger partial charge < -0.3 is 14.6 Å². The van der Waals surface area contributed by atoms with Gasteiger partial charge in [-0.05, 0) is 44.4 Å². The van der Waals surface area contributed by atoms with Crippen molar-refractivity contribution in [3.05, 3.63) is 29.3 Å². The fraction of sp³-hybridized carbons (Fsp3) is 0.529. The zero-order valence-corrected chi connectivity index (χ0v) is 12.2. The Morgan fingerprint density at radius 1 is 1.40 bits per heavy atom. The minimum atomic E-state index is 0.0861. The van der Waals surface area contributed by atoms with E-state index in [0.29, 0.717) is 19.1 Å². The highest BCUT2D eigenvalue weighted by atomic mass is 16.5. The van der Waals surface area contributed by atoms with Crippen molar-refractivity contribution < 1.29 is 14.6 Å². The molecule has 1 aromatic rings. The Hall–Kier alpha value is -1.50. The molecule has 0 bridgehead atoms. The largest absolute Gasteiger partial charge is 0.490 e. The third-order valence-electron chi connectivity index (χ3n) is 3.34. The number of aliphatic hydroxyl groups is 1. The number of hydrogen-bond donors (Lipinski definition) is 1. The zero-order valence-electron chi connectivity index (χ0n) is 12.2. The van der Waals surface area contributed by atoms with Crippen LogP contribution in [0.25, 0.3) is 0 Å². The molecule has 1 aromatic carbocycles. The zero-order chi connectivity index (χ0) is 14.4. The van der Waals surface area contributed by atoms with Crippen molar-refractivity contribution in [3.8, 4) is 17.6 Å². The Morgan fingerprint density at radius 2 is 2.25 bits per heavy atom. The summed E-state index contributed by atoms with van der Waals surface area (Å²) < 4.78 is 11.6. The first-order valence-corrected chi connectivity index (χ1v) is 7.17. The third kappa shape index (κ3) is 4.26. The number of benzene rings is 1. The van der Waals surface area contributed by atoms with E-state index in [2.05, 4.69) is 18.8 Å². The maximum absolute atomic E-state index is 8.79. The summed E-state index contributed by atoms with van der Waals surface area (Å²) in [5.41, 5.74) is 2.03. The van der Waals surface area contributed by atoms with E-state index in [0.717, 1.165) is 29.7 Å². The fourth-order valence-corrected chi connectivity index (χ4v) is 2.27. The molecule has 1 saturated heterocycles. The van der Waals surface area contributed by atoms with E-state index in [1.165, 1.54) is 0 Å². The standard InChI is InChI=1S/C17H22O3/c1-13-6-9-17(15(11-13)5-3-4-10-18)19-12-16-8-7-14(2)20-16/h6,9,11,14,16,18H,4,7-8,10,12H2,1-2H3. The number of aliphatic hydroxyl groups excluding tert-OH is 1. The monoisotopic (exact) mass is 274 g/mol. The molecule has 0 aliphatic carbocycles. The first-order chi connectivity index (χ1) is 9.69. The summed E-state index contributed by atoms with van der Waals surface area (Å²) in [4.78, 5) is 0. The van der Waals surface area contributed by atoms with Crippen LogP contribution in [0.2, 0.25) is 0 Å². The highest BCUT2D eigenvalue weighted by molar-refractivity contribution is 5.48. The maximum Gasteiger partial charge on any atom is 0.135 e. The lowest BCUT2D eigenvalue weighted by Crippen LogP contribution is -2.18. The summed E-state index contributed by atoms with van der Waals surface area (Å²) in [5, 5.41) is 8.79. The van der Waals surface area contributed by atoms with Gasteiger partial charge in [0.05, 0.1) is 24.4 Å². The van der Waals surface area contributed by atoms with Gasteiger partial charge in [0.2, 0.25) is 0 Å². The summed E-state index contributed by atoms with van der Waals surface area (Å²) in [6, 6.07) is 5.99. The fourth-order valence-electron chi connectivity index (χ4n) is 2.27. The number of hydrogen-bond acceptors (Lipinski definition) is 3. The highest BCUT2D eigenvalue weighted by Crippen LogP contribution is 2.23. The van der Waals surface area contributed by atoms with E-state index in [1.54, 1.807) is 0 Å². The average Bonchev–Trinajstić information content (AvgIpc) is 2.84. The van der Waals surface area contributed by atoms with E-state index in [1.807, 2.05) is 25.1 Å². The molecule has 3 nitrogen and oxygen atoms in total. The molecule has 0 radical (unpaired) electrons. The van der Waals surface area contributed by atoms with Crippen LogP contribution in [0, 0.1) is 18.8 Å². The van der Waals surface area contributed by atoms with Crippen LogP contribution in [0.3, 0.4) is 0 Å². The summed E-state index contributed by atoms with van der Waals surface area (Å²) in [5.74, 6) is 6.80. The van der Waals surface area contributed by atoms with Crippen molar-refractivity contribution in [2.75, 3.05) is 13.2 Å². The van der Waals surface area contributed by atoms with Gasteiger partial charge in [-0.1, -0.05) is 17.9 Å².